The highest BCUT2D eigenvalue weighted by molar-refractivity contribution is 6.00. The number of rotatable bonds is 6. The smallest absolute Gasteiger partial charge is 0.320 e. The molecule has 2 aromatic heterocycles. The van der Waals surface area contributed by atoms with E-state index in [-0.39, 0.29) is 24.1 Å². The number of hydrogen-bond donors (Lipinski definition) is 3. The van der Waals surface area contributed by atoms with Crippen molar-refractivity contribution in [2.75, 3.05) is 10.6 Å². The van der Waals surface area contributed by atoms with Crippen LogP contribution < -0.4 is 15.4 Å². The lowest BCUT2D eigenvalue weighted by Gasteiger charge is -2.49. The van der Waals surface area contributed by atoms with Gasteiger partial charge in [0.25, 0.3) is 0 Å². The first-order valence-corrected chi connectivity index (χ1v) is 10.8. The lowest BCUT2D eigenvalue weighted by Crippen LogP contribution is -2.44. The Morgan fingerprint density at radius 1 is 1.06 bits per heavy atom. The molecule has 5 rings (SSSR count). The van der Waals surface area contributed by atoms with Crippen LogP contribution in [0.2, 0.25) is 0 Å². The molecule has 2 heterocycles. The number of carbonyl (C=O) groups is 1. The van der Waals surface area contributed by atoms with Crippen molar-refractivity contribution in [3.05, 3.63) is 54.6 Å². The predicted octanol–water partition coefficient (Wildman–Crippen LogP) is 3.92. The van der Waals surface area contributed by atoms with Gasteiger partial charge in [-0.1, -0.05) is 23.3 Å². The van der Waals surface area contributed by atoms with Gasteiger partial charge in [-0.3, -0.25) is 4.79 Å². The second-order valence-corrected chi connectivity index (χ2v) is 8.62. The number of nitrogens with zero attached hydrogens (tertiary/aromatic N) is 3. The molecule has 2 saturated carbocycles. The molecule has 1 spiro atoms. The van der Waals surface area contributed by atoms with E-state index < -0.39 is 5.91 Å². The monoisotopic (exact) mass is 435 g/mol. The quantitative estimate of drug-likeness (QED) is 0.532. The van der Waals surface area contributed by atoms with Crippen molar-refractivity contribution in [3.63, 3.8) is 0 Å². The van der Waals surface area contributed by atoms with Gasteiger partial charge in [0.1, 0.15) is 6.10 Å². The second-order valence-electron chi connectivity index (χ2n) is 8.62. The SMILES string of the molecule is O=C(Nc1ccc(OC2CCC3(CC2)CC(O)C3)nc1)c1nnc(Nc2ccccc2)o1. The fourth-order valence-electron chi connectivity index (χ4n) is 4.56. The number of ether oxygens (including phenoxy) is 1. The van der Waals surface area contributed by atoms with Crippen LogP contribution in [0.25, 0.3) is 0 Å². The van der Waals surface area contributed by atoms with E-state index in [1.807, 2.05) is 30.3 Å². The Labute approximate surface area is 185 Å². The van der Waals surface area contributed by atoms with E-state index in [0.29, 0.717) is 17.0 Å². The summed E-state index contributed by atoms with van der Waals surface area (Å²) >= 11 is 0. The van der Waals surface area contributed by atoms with Crippen molar-refractivity contribution in [2.24, 2.45) is 5.41 Å². The zero-order valence-corrected chi connectivity index (χ0v) is 17.5. The maximum absolute atomic E-state index is 12.4. The molecular formula is C23H25N5O4. The van der Waals surface area contributed by atoms with Gasteiger partial charge in [-0.25, -0.2) is 4.98 Å². The Hall–Kier alpha value is -3.46. The molecule has 2 fully saturated rings. The Morgan fingerprint density at radius 3 is 2.53 bits per heavy atom. The number of aliphatic hydroxyl groups is 1. The molecule has 3 aromatic rings. The molecule has 2 aliphatic carbocycles. The zero-order chi connectivity index (χ0) is 22.0. The summed E-state index contributed by atoms with van der Waals surface area (Å²) in [6.45, 7) is 0. The first-order valence-electron chi connectivity index (χ1n) is 10.8. The van der Waals surface area contributed by atoms with Gasteiger partial charge >= 0.3 is 17.8 Å². The molecule has 0 saturated heterocycles. The van der Waals surface area contributed by atoms with Crippen molar-refractivity contribution >= 4 is 23.3 Å². The van der Waals surface area contributed by atoms with Gasteiger partial charge in [-0.2, -0.15) is 0 Å². The van der Waals surface area contributed by atoms with Crippen LogP contribution in [-0.4, -0.2) is 38.4 Å². The van der Waals surface area contributed by atoms with E-state index in [0.717, 1.165) is 44.2 Å². The average Bonchev–Trinajstić information content (AvgIpc) is 3.25. The van der Waals surface area contributed by atoms with Crippen LogP contribution in [0.5, 0.6) is 5.88 Å². The first kappa shape index (κ1) is 20.4. The highest BCUT2D eigenvalue weighted by Gasteiger charge is 2.45. The Morgan fingerprint density at radius 2 is 1.84 bits per heavy atom. The highest BCUT2D eigenvalue weighted by Crippen LogP contribution is 2.51. The van der Waals surface area contributed by atoms with E-state index >= 15 is 0 Å². The summed E-state index contributed by atoms with van der Waals surface area (Å²) in [5.74, 6) is -0.139. The van der Waals surface area contributed by atoms with Crippen molar-refractivity contribution < 1.29 is 19.1 Å². The topological polar surface area (TPSA) is 122 Å². The number of amides is 1. The molecule has 0 radical (unpaired) electrons. The highest BCUT2D eigenvalue weighted by atomic mass is 16.5. The number of hydrogen-bond acceptors (Lipinski definition) is 8. The van der Waals surface area contributed by atoms with E-state index in [4.69, 9.17) is 9.15 Å². The summed E-state index contributed by atoms with van der Waals surface area (Å²) in [6, 6.07) is 12.9. The summed E-state index contributed by atoms with van der Waals surface area (Å²) in [6.07, 6.45) is 7.55. The molecule has 0 aliphatic heterocycles. The zero-order valence-electron chi connectivity index (χ0n) is 17.5. The van der Waals surface area contributed by atoms with E-state index in [9.17, 15) is 9.90 Å². The van der Waals surface area contributed by atoms with Gasteiger partial charge in [0.05, 0.1) is 18.0 Å². The fraction of sp³-hybridized carbons (Fsp3) is 0.391. The van der Waals surface area contributed by atoms with Crippen LogP contribution in [0, 0.1) is 5.41 Å². The molecule has 166 valence electrons. The van der Waals surface area contributed by atoms with Crippen LogP contribution in [0.15, 0.2) is 53.1 Å². The number of carbonyl (C=O) groups excluding carboxylic acids is 1. The van der Waals surface area contributed by atoms with Gasteiger partial charge in [0.15, 0.2) is 0 Å². The third-order valence-electron chi connectivity index (χ3n) is 6.26. The Bertz CT molecular complexity index is 1050. The van der Waals surface area contributed by atoms with Gasteiger partial charge < -0.3 is 24.9 Å². The molecule has 32 heavy (non-hydrogen) atoms. The van der Waals surface area contributed by atoms with Gasteiger partial charge in [-0.15, -0.1) is 5.10 Å². The Kier molecular flexibility index (Phi) is 5.48. The molecule has 1 amide bonds. The summed E-state index contributed by atoms with van der Waals surface area (Å²) in [5, 5.41) is 22.9. The molecule has 2 aliphatic rings. The minimum absolute atomic E-state index is 0.115. The summed E-state index contributed by atoms with van der Waals surface area (Å²) in [5.41, 5.74) is 1.62. The van der Waals surface area contributed by atoms with Crippen LogP contribution >= 0.6 is 0 Å². The number of aliphatic hydroxyl groups excluding tert-OH is 1. The molecule has 9 heteroatoms. The molecule has 0 unspecified atom stereocenters. The molecular weight excluding hydrogens is 410 g/mol. The Balaban J connectivity index is 1.12. The minimum Gasteiger partial charge on any atom is -0.474 e. The second kappa shape index (κ2) is 8.58. The molecule has 1 aromatic carbocycles. The predicted molar refractivity (Wildman–Crippen MR) is 117 cm³/mol. The number of nitrogens with one attached hydrogen (secondary N) is 2. The lowest BCUT2D eigenvalue weighted by molar-refractivity contribution is -0.0703. The third-order valence-corrected chi connectivity index (χ3v) is 6.26. The number of para-hydroxylation sites is 1. The number of aromatic nitrogens is 3. The molecule has 3 N–H and O–H groups in total. The summed E-state index contributed by atoms with van der Waals surface area (Å²) < 4.78 is 11.4. The van der Waals surface area contributed by atoms with Crippen LogP contribution in [0.4, 0.5) is 17.4 Å². The number of pyridine rings is 1. The van der Waals surface area contributed by atoms with E-state index in [1.54, 1.807) is 18.3 Å². The van der Waals surface area contributed by atoms with Crippen molar-refractivity contribution in [1.29, 1.82) is 0 Å². The third kappa shape index (κ3) is 4.57. The van der Waals surface area contributed by atoms with Crippen LogP contribution in [0.3, 0.4) is 0 Å². The number of benzene rings is 1. The molecule has 9 nitrogen and oxygen atoms in total. The number of anilines is 3. The van der Waals surface area contributed by atoms with Crippen molar-refractivity contribution in [2.45, 2.75) is 50.7 Å². The largest absolute Gasteiger partial charge is 0.474 e. The van der Waals surface area contributed by atoms with E-state index in [1.165, 1.54) is 0 Å². The normalized spacial score (nSPS) is 24.5. The molecule has 0 bridgehead atoms. The average molecular weight is 435 g/mol. The standard InChI is InChI=1S/C23H25N5O4/c29-17-12-23(13-17)10-8-18(9-11-23)31-19-7-6-16(14-24-19)25-20(30)21-27-28-22(32-21)26-15-4-2-1-3-5-15/h1-7,14,17-18,29H,8-13H2,(H,25,30)(H,26,28). The van der Waals surface area contributed by atoms with E-state index in [2.05, 4.69) is 25.8 Å². The maximum Gasteiger partial charge on any atom is 0.320 e. The molecule has 0 atom stereocenters. The lowest BCUT2D eigenvalue weighted by atomic mass is 9.59. The maximum atomic E-state index is 12.4. The van der Waals surface area contributed by atoms with Gasteiger partial charge in [-0.05, 0) is 62.1 Å². The van der Waals surface area contributed by atoms with Gasteiger partial charge in [0.2, 0.25) is 5.88 Å². The minimum atomic E-state index is -0.519. The fourth-order valence-corrected chi connectivity index (χ4v) is 4.56. The van der Waals surface area contributed by atoms with Crippen molar-refractivity contribution in [3.8, 4) is 5.88 Å². The summed E-state index contributed by atoms with van der Waals surface area (Å²) in [7, 11) is 0. The van der Waals surface area contributed by atoms with Crippen molar-refractivity contribution in [1.82, 2.24) is 15.2 Å². The summed E-state index contributed by atoms with van der Waals surface area (Å²) in [4.78, 5) is 16.7. The van der Waals surface area contributed by atoms with Gasteiger partial charge in [0, 0.05) is 11.8 Å². The van der Waals surface area contributed by atoms with Crippen LogP contribution in [0.1, 0.15) is 49.2 Å². The van der Waals surface area contributed by atoms with Crippen LogP contribution in [-0.2, 0) is 0 Å². The first-order chi connectivity index (χ1) is 15.6.